The SMILES string of the molecule is COc1ccc(OC)c2c1CN(C(=O)Nc1ccc(N3CCCCC3)c(Cl)c1)C[C@H]2O. The van der Waals surface area contributed by atoms with Crippen LogP contribution in [0, 0.1) is 0 Å². The summed E-state index contributed by atoms with van der Waals surface area (Å²) in [4.78, 5) is 16.8. The number of fused-ring (bicyclic) bond motifs is 1. The first-order chi connectivity index (χ1) is 15.0. The Hall–Kier alpha value is -2.64. The molecule has 1 fully saturated rings. The standard InChI is InChI=1S/C23H28ClN3O4/c1-30-20-8-9-21(31-2)22-16(20)13-27(14-19(22)28)23(29)25-15-6-7-18(17(24)12-15)26-10-4-3-5-11-26/h6-9,12,19,28H,3-5,10-11,13-14H2,1-2H3,(H,25,29)/t19-/m1/s1. The molecule has 2 N–H and O–H groups in total. The third-order valence-corrected chi connectivity index (χ3v) is 6.28. The van der Waals surface area contributed by atoms with Crippen LogP contribution < -0.4 is 19.7 Å². The van der Waals surface area contributed by atoms with Gasteiger partial charge in [-0.2, -0.15) is 0 Å². The molecule has 2 heterocycles. The zero-order valence-corrected chi connectivity index (χ0v) is 18.6. The number of β-amino-alcohol motifs (C(OH)–C–C–N with tert-alkyl or cyclic N) is 1. The highest BCUT2D eigenvalue weighted by molar-refractivity contribution is 6.33. The van der Waals surface area contributed by atoms with E-state index in [9.17, 15) is 9.90 Å². The Balaban J connectivity index is 1.50. The Morgan fingerprint density at radius 3 is 2.48 bits per heavy atom. The minimum Gasteiger partial charge on any atom is -0.496 e. The van der Waals surface area contributed by atoms with Crippen molar-refractivity contribution in [2.75, 3.05) is 44.1 Å². The van der Waals surface area contributed by atoms with Crippen molar-refractivity contribution < 1.29 is 19.4 Å². The highest BCUT2D eigenvalue weighted by Crippen LogP contribution is 2.39. The molecule has 0 bridgehead atoms. The van der Waals surface area contributed by atoms with E-state index in [-0.39, 0.29) is 12.6 Å². The van der Waals surface area contributed by atoms with E-state index in [2.05, 4.69) is 10.2 Å². The summed E-state index contributed by atoms with van der Waals surface area (Å²) in [5.41, 5.74) is 3.03. The van der Waals surface area contributed by atoms with Crippen molar-refractivity contribution in [1.82, 2.24) is 4.90 Å². The third kappa shape index (κ3) is 4.38. The summed E-state index contributed by atoms with van der Waals surface area (Å²) >= 11 is 6.52. The number of urea groups is 1. The van der Waals surface area contributed by atoms with Crippen molar-refractivity contribution in [2.45, 2.75) is 31.9 Å². The van der Waals surface area contributed by atoms with E-state index in [1.165, 1.54) is 19.3 Å². The van der Waals surface area contributed by atoms with Crippen LogP contribution in [0.5, 0.6) is 11.5 Å². The van der Waals surface area contributed by atoms with Gasteiger partial charge in [-0.25, -0.2) is 4.79 Å². The van der Waals surface area contributed by atoms with Gasteiger partial charge in [-0.05, 0) is 49.6 Å². The Morgan fingerprint density at radius 2 is 1.81 bits per heavy atom. The summed E-state index contributed by atoms with van der Waals surface area (Å²) in [5, 5.41) is 14.2. The number of hydrogen-bond acceptors (Lipinski definition) is 5. The topological polar surface area (TPSA) is 74.3 Å². The number of rotatable bonds is 4. The van der Waals surface area contributed by atoms with Gasteiger partial charge in [0.15, 0.2) is 0 Å². The molecule has 0 saturated carbocycles. The molecular formula is C23H28ClN3O4. The number of anilines is 2. The fourth-order valence-corrected chi connectivity index (χ4v) is 4.71. The van der Waals surface area contributed by atoms with Crippen molar-refractivity contribution in [3.05, 3.63) is 46.5 Å². The first-order valence-electron chi connectivity index (χ1n) is 10.5. The van der Waals surface area contributed by atoms with E-state index >= 15 is 0 Å². The molecule has 4 rings (SSSR count). The van der Waals surface area contributed by atoms with Gasteiger partial charge >= 0.3 is 6.03 Å². The Morgan fingerprint density at radius 1 is 1.10 bits per heavy atom. The number of benzene rings is 2. The van der Waals surface area contributed by atoms with Gasteiger partial charge in [-0.15, -0.1) is 0 Å². The Bertz CT molecular complexity index is 962. The molecule has 8 heteroatoms. The molecule has 0 radical (unpaired) electrons. The van der Waals surface area contributed by atoms with Crippen LogP contribution in [0.1, 0.15) is 36.5 Å². The van der Waals surface area contributed by atoms with E-state index < -0.39 is 6.10 Å². The molecule has 1 saturated heterocycles. The summed E-state index contributed by atoms with van der Waals surface area (Å²) in [6.45, 7) is 2.46. The average molecular weight is 446 g/mol. The van der Waals surface area contributed by atoms with Crippen molar-refractivity contribution in [1.29, 1.82) is 0 Å². The molecule has 2 aromatic rings. The normalized spacial score (nSPS) is 18.4. The molecule has 7 nitrogen and oxygen atoms in total. The maximum atomic E-state index is 13.0. The molecular weight excluding hydrogens is 418 g/mol. The van der Waals surface area contributed by atoms with Crippen molar-refractivity contribution in [3.8, 4) is 11.5 Å². The number of hydrogen-bond donors (Lipinski definition) is 2. The van der Waals surface area contributed by atoms with E-state index in [4.69, 9.17) is 21.1 Å². The van der Waals surface area contributed by atoms with E-state index in [0.29, 0.717) is 34.3 Å². The summed E-state index contributed by atoms with van der Waals surface area (Å²) in [6.07, 6.45) is 2.72. The molecule has 2 aliphatic rings. The summed E-state index contributed by atoms with van der Waals surface area (Å²) in [7, 11) is 3.13. The second-order valence-corrected chi connectivity index (χ2v) is 8.31. The lowest BCUT2D eigenvalue weighted by Crippen LogP contribution is -2.41. The Labute approximate surface area is 187 Å². The van der Waals surface area contributed by atoms with Gasteiger partial charge in [0.2, 0.25) is 0 Å². The largest absolute Gasteiger partial charge is 0.496 e. The number of piperidine rings is 1. The number of amides is 2. The van der Waals surface area contributed by atoms with Gasteiger partial charge in [0, 0.05) is 29.9 Å². The number of carbonyl (C=O) groups excluding carboxylic acids is 1. The second-order valence-electron chi connectivity index (χ2n) is 7.90. The number of methoxy groups -OCH3 is 2. The number of aliphatic hydroxyl groups is 1. The summed E-state index contributed by atoms with van der Waals surface area (Å²) < 4.78 is 10.8. The summed E-state index contributed by atoms with van der Waals surface area (Å²) in [6, 6.07) is 8.84. The zero-order chi connectivity index (χ0) is 22.0. The first-order valence-corrected chi connectivity index (χ1v) is 10.9. The lowest BCUT2D eigenvalue weighted by molar-refractivity contribution is 0.105. The van der Waals surface area contributed by atoms with Gasteiger partial charge in [0.1, 0.15) is 17.6 Å². The highest BCUT2D eigenvalue weighted by Gasteiger charge is 2.32. The lowest BCUT2D eigenvalue weighted by atomic mass is 9.95. The van der Waals surface area contributed by atoms with E-state index in [0.717, 1.165) is 24.3 Å². The van der Waals surface area contributed by atoms with Gasteiger partial charge in [-0.3, -0.25) is 0 Å². The van der Waals surface area contributed by atoms with Crippen LogP contribution in [-0.2, 0) is 6.54 Å². The van der Waals surface area contributed by atoms with Crippen LogP contribution in [0.25, 0.3) is 0 Å². The third-order valence-electron chi connectivity index (χ3n) is 5.97. The van der Waals surface area contributed by atoms with Gasteiger partial charge in [0.05, 0.1) is 38.0 Å². The number of nitrogens with one attached hydrogen (secondary N) is 1. The number of nitrogens with zero attached hydrogens (tertiary/aromatic N) is 2. The van der Waals surface area contributed by atoms with Gasteiger partial charge < -0.3 is 29.7 Å². The predicted molar refractivity (Wildman–Crippen MR) is 121 cm³/mol. The fraction of sp³-hybridized carbons (Fsp3) is 0.435. The number of halogens is 1. The monoisotopic (exact) mass is 445 g/mol. The number of aliphatic hydroxyl groups excluding tert-OH is 1. The second kappa shape index (κ2) is 9.24. The van der Waals surface area contributed by atoms with E-state index in [1.54, 1.807) is 37.3 Å². The smallest absolute Gasteiger partial charge is 0.322 e. The molecule has 0 aliphatic carbocycles. The van der Waals surface area contributed by atoms with Crippen LogP contribution in [0.3, 0.4) is 0 Å². The molecule has 31 heavy (non-hydrogen) atoms. The minimum atomic E-state index is -0.871. The van der Waals surface area contributed by atoms with Gasteiger partial charge in [-0.1, -0.05) is 11.6 Å². The zero-order valence-electron chi connectivity index (χ0n) is 17.9. The quantitative estimate of drug-likeness (QED) is 0.728. The molecule has 1 atom stereocenters. The maximum Gasteiger partial charge on any atom is 0.322 e. The molecule has 0 unspecified atom stereocenters. The van der Waals surface area contributed by atoms with Crippen LogP contribution in [-0.4, -0.2) is 49.9 Å². The van der Waals surface area contributed by atoms with Crippen LogP contribution in [0.4, 0.5) is 16.2 Å². The molecule has 0 aromatic heterocycles. The summed E-state index contributed by atoms with van der Waals surface area (Å²) in [5.74, 6) is 1.20. The van der Waals surface area contributed by atoms with E-state index in [1.807, 2.05) is 12.1 Å². The number of carbonyl (C=O) groups is 1. The molecule has 166 valence electrons. The predicted octanol–water partition coefficient (Wildman–Crippen LogP) is 4.43. The maximum absolute atomic E-state index is 13.0. The molecule has 2 amide bonds. The van der Waals surface area contributed by atoms with Crippen molar-refractivity contribution >= 4 is 29.0 Å². The highest BCUT2D eigenvalue weighted by atomic mass is 35.5. The molecule has 2 aliphatic heterocycles. The average Bonchev–Trinajstić information content (AvgIpc) is 2.78. The van der Waals surface area contributed by atoms with Crippen molar-refractivity contribution in [3.63, 3.8) is 0 Å². The van der Waals surface area contributed by atoms with Crippen LogP contribution in [0.2, 0.25) is 5.02 Å². The fourth-order valence-electron chi connectivity index (χ4n) is 4.41. The molecule has 2 aromatic carbocycles. The van der Waals surface area contributed by atoms with Gasteiger partial charge in [0.25, 0.3) is 0 Å². The van der Waals surface area contributed by atoms with Crippen LogP contribution in [0.15, 0.2) is 30.3 Å². The molecule has 0 spiro atoms. The first kappa shape index (κ1) is 21.6. The van der Waals surface area contributed by atoms with Crippen molar-refractivity contribution in [2.24, 2.45) is 0 Å². The minimum absolute atomic E-state index is 0.155. The van der Waals surface area contributed by atoms with Crippen LogP contribution >= 0.6 is 11.6 Å². The Kier molecular flexibility index (Phi) is 6.43. The number of ether oxygens (including phenoxy) is 2. The lowest BCUT2D eigenvalue weighted by Gasteiger charge is -2.34.